The van der Waals surface area contributed by atoms with Crippen molar-refractivity contribution >= 4 is 0 Å². The summed E-state index contributed by atoms with van der Waals surface area (Å²) in [4.78, 5) is 0. The van der Waals surface area contributed by atoms with E-state index in [1.165, 1.54) is 43.4 Å². The lowest BCUT2D eigenvalue weighted by atomic mass is 9.68. The maximum absolute atomic E-state index is 4.29. The molecular weight excluding hydrogens is 278 g/mol. The van der Waals surface area contributed by atoms with Crippen molar-refractivity contribution in [2.45, 2.75) is 66.2 Å². The Labute approximate surface area is 143 Å². The van der Waals surface area contributed by atoms with Gasteiger partial charge in [-0.25, -0.2) is 0 Å². The number of fused-ring (bicyclic) bond motifs is 1. The molecule has 1 heteroatoms. The molecule has 0 heterocycles. The summed E-state index contributed by atoms with van der Waals surface area (Å²) in [6.07, 6.45) is 11.9. The first kappa shape index (κ1) is 18.1. The third-order valence-electron chi connectivity index (χ3n) is 5.53. The summed E-state index contributed by atoms with van der Waals surface area (Å²) in [6.45, 7) is 13.6. The largest absolute Gasteiger partial charge is 0.391 e. The predicted molar refractivity (Wildman–Crippen MR) is 102 cm³/mol. The number of hydrogen-bond donors (Lipinski definition) is 1. The third-order valence-corrected chi connectivity index (χ3v) is 5.53. The SMILES string of the molecule is C=C(/C=C\CCC(C)C)CC(C)[C@@H]1CC(C)=C2CCC2=C1NC. The van der Waals surface area contributed by atoms with Gasteiger partial charge < -0.3 is 5.32 Å². The van der Waals surface area contributed by atoms with Crippen molar-refractivity contribution in [2.75, 3.05) is 7.05 Å². The summed E-state index contributed by atoms with van der Waals surface area (Å²) in [5, 5.41) is 3.52. The van der Waals surface area contributed by atoms with Gasteiger partial charge in [-0.3, -0.25) is 0 Å². The fraction of sp³-hybridized carbons (Fsp3) is 0.636. The van der Waals surface area contributed by atoms with Gasteiger partial charge >= 0.3 is 0 Å². The van der Waals surface area contributed by atoms with E-state index < -0.39 is 0 Å². The van der Waals surface area contributed by atoms with Crippen LogP contribution in [0.15, 0.2) is 46.7 Å². The van der Waals surface area contributed by atoms with Crippen LogP contribution in [0.25, 0.3) is 0 Å². The fourth-order valence-corrected chi connectivity index (χ4v) is 4.05. The van der Waals surface area contributed by atoms with Crippen molar-refractivity contribution < 1.29 is 0 Å². The second-order valence-corrected chi connectivity index (χ2v) is 7.92. The van der Waals surface area contributed by atoms with Crippen LogP contribution >= 0.6 is 0 Å². The van der Waals surface area contributed by atoms with Gasteiger partial charge in [0.05, 0.1) is 0 Å². The van der Waals surface area contributed by atoms with Crippen LogP contribution in [-0.2, 0) is 0 Å². The van der Waals surface area contributed by atoms with Crippen molar-refractivity contribution in [3.05, 3.63) is 46.7 Å². The van der Waals surface area contributed by atoms with Gasteiger partial charge in [0.25, 0.3) is 0 Å². The molecule has 128 valence electrons. The van der Waals surface area contributed by atoms with Gasteiger partial charge in [0.15, 0.2) is 0 Å². The standard InChI is InChI=1S/C22H35N/c1-15(2)9-7-8-10-16(3)13-17(4)21-14-18(5)19-11-12-20(19)22(21)23-6/h8,10,15,17,21,23H,3,7,9,11-14H2,1-2,4-6H3/b10-8-/t17?,21-/m0/s1. The van der Waals surface area contributed by atoms with Gasteiger partial charge in [-0.1, -0.05) is 50.6 Å². The molecule has 2 atom stereocenters. The van der Waals surface area contributed by atoms with Gasteiger partial charge in [0.1, 0.15) is 0 Å². The molecule has 0 aromatic rings. The zero-order valence-corrected chi connectivity index (χ0v) is 15.8. The molecule has 1 nitrogen and oxygen atoms in total. The van der Waals surface area contributed by atoms with Gasteiger partial charge in [-0.05, 0) is 68.4 Å². The molecule has 0 aromatic carbocycles. The van der Waals surface area contributed by atoms with Crippen LogP contribution in [0.1, 0.15) is 66.2 Å². The van der Waals surface area contributed by atoms with Crippen LogP contribution in [0.2, 0.25) is 0 Å². The molecule has 2 aliphatic rings. The number of nitrogens with one attached hydrogen (secondary N) is 1. The quantitative estimate of drug-likeness (QED) is 0.529. The molecule has 2 aliphatic carbocycles. The Hall–Kier alpha value is -1.24. The average Bonchev–Trinajstić information content (AvgIpc) is 2.44. The minimum Gasteiger partial charge on any atom is -0.391 e. The molecule has 1 fully saturated rings. The maximum atomic E-state index is 4.29. The Balaban J connectivity index is 1.93. The van der Waals surface area contributed by atoms with E-state index in [1.54, 1.807) is 16.7 Å². The first-order chi connectivity index (χ1) is 10.9. The number of allylic oxidation sites excluding steroid dienone is 7. The van der Waals surface area contributed by atoms with Crippen LogP contribution in [0.3, 0.4) is 0 Å². The predicted octanol–water partition coefficient (Wildman–Crippen LogP) is 6.16. The fourth-order valence-electron chi connectivity index (χ4n) is 4.05. The van der Waals surface area contributed by atoms with Crippen molar-refractivity contribution in [3.63, 3.8) is 0 Å². The highest BCUT2D eigenvalue weighted by atomic mass is 14.9. The molecule has 0 radical (unpaired) electrons. The summed E-state index contributed by atoms with van der Waals surface area (Å²) in [5.41, 5.74) is 7.68. The second kappa shape index (κ2) is 8.04. The van der Waals surface area contributed by atoms with Crippen molar-refractivity contribution in [1.29, 1.82) is 0 Å². The molecule has 1 unspecified atom stereocenters. The maximum Gasteiger partial charge on any atom is 0.0177 e. The minimum atomic E-state index is 0.639. The van der Waals surface area contributed by atoms with Crippen LogP contribution in [0.4, 0.5) is 0 Å². The average molecular weight is 314 g/mol. The zero-order chi connectivity index (χ0) is 17.0. The Morgan fingerprint density at radius 2 is 1.96 bits per heavy atom. The molecule has 0 spiro atoms. The van der Waals surface area contributed by atoms with E-state index in [1.807, 2.05) is 0 Å². The van der Waals surface area contributed by atoms with Gasteiger partial charge in [0, 0.05) is 18.7 Å². The zero-order valence-electron chi connectivity index (χ0n) is 15.8. The molecule has 0 aromatic heterocycles. The topological polar surface area (TPSA) is 12.0 Å². The number of rotatable bonds is 8. The molecule has 0 aliphatic heterocycles. The monoisotopic (exact) mass is 313 g/mol. The molecule has 1 N–H and O–H groups in total. The van der Waals surface area contributed by atoms with Gasteiger partial charge in [-0.15, -0.1) is 0 Å². The Morgan fingerprint density at radius 3 is 2.52 bits per heavy atom. The lowest BCUT2D eigenvalue weighted by molar-refractivity contribution is 0.374. The lowest BCUT2D eigenvalue weighted by Gasteiger charge is -2.39. The minimum absolute atomic E-state index is 0.639. The molecular formula is C22H35N. The van der Waals surface area contributed by atoms with E-state index in [9.17, 15) is 0 Å². The summed E-state index contributed by atoms with van der Waals surface area (Å²) >= 11 is 0. The van der Waals surface area contributed by atoms with E-state index in [0.717, 1.165) is 12.3 Å². The second-order valence-electron chi connectivity index (χ2n) is 7.92. The smallest absolute Gasteiger partial charge is 0.0177 e. The van der Waals surface area contributed by atoms with Gasteiger partial charge in [0.2, 0.25) is 0 Å². The first-order valence-electron chi connectivity index (χ1n) is 9.38. The highest BCUT2D eigenvalue weighted by Crippen LogP contribution is 2.47. The molecule has 0 bridgehead atoms. The summed E-state index contributed by atoms with van der Waals surface area (Å²) in [6, 6.07) is 0. The normalized spacial score (nSPS) is 22.4. The first-order valence-corrected chi connectivity index (χ1v) is 9.38. The number of hydrogen-bond acceptors (Lipinski definition) is 1. The van der Waals surface area contributed by atoms with Crippen LogP contribution in [-0.4, -0.2) is 7.05 Å². The van der Waals surface area contributed by atoms with E-state index in [-0.39, 0.29) is 0 Å². The van der Waals surface area contributed by atoms with Crippen molar-refractivity contribution in [2.24, 2.45) is 17.8 Å². The van der Waals surface area contributed by atoms with Crippen LogP contribution < -0.4 is 5.32 Å². The summed E-state index contributed by atoms with van der Waals surface area (Å²) in [5.74, 6) is 2.06. The molecule has 0 amide bonds. The van der Waals surface area contributed by atoms with Crippen LogP contribution in [0.5, 0.6) is 0 Å². The van der Waals surface area contributed by atoms with Crippen molar-refractivity contribution in [3.8, 4) is 0 Å². The summed E-state index contributed by atoms with van der Waals surface area (Å²) < 4.78 is 0. The van der Waals surface area contributed by atoms with E-state index in [0.29, 0.717) is 11.8 Å². The lowest BCUT2D eigenvalue weighted by Crippen LogP contribution is -2.31. The Morgan fingerprint density at radius 1 is 1.26 bits per heavy atom. The van der Waals surface area contributed by atoms with E-state index >= 15 is 0 Å². The van der Waals surface area contributed by atoms with E-state index in [4.69, 9.17) is 0 Å². The summed E-state index contributed by atoms with van der Waals surface area (Å²) in [7, 11) is 2.10. The molecule has 2 rings (SSSR count). The highest BCUT2D eigenvalue weighted by Gasteiger charge is 2.34. The molecule has 1 saturated carbocycles. The Bertz CT molecular complexity index is 530. The van der Waals surface area contributed by atoms with E-state index in [2.05, 4.69) is 58.8 Å². The van der Waals surface area contributed by atoms with Crippen molar-refractivity contribution in [1.82, 2.24) is 5.32 Å². The van der Waals surface area contributed by atoms with Gasteiger partial charge in [-0.2, -0.15) is 0 Å². The van der Waals surface area contributed by atoms with Crippen LogP contribution in [0, 0.1) is 17.8 Å². The third kappa shape index (κ3) is 4.40. The highest BCUT2D eigenvalue weighted by molar-refractivity contribution is 5.49. The Kier molecular flexibility index (Phi) is 6.33. The molecule has 0 saturated heterocycles. The molecule has 23 heavy (non-hydrogen) atoms.